The second-order valence-electron chi connectivity index (χ2n) is 5.59. The van der Waals surface area contributed by atoms with E-state index in [1.807, 2.05) is 18.2 Å². The van der Waals surface area contributed by atoms with Crippen LogP contribution in [-0.4, -0.2) is 12.2 Å². The molecule has 21 heavy (non-hydrogen) atoms. The van der Waals surface area contributed by atoms with Gasteiger partial charge in [0.25, 0.3) is 0 Å². The number of halogens is 1. The van der Waals surface area contributed by atoms with E-state index in [-0.39, 0.29) is 0 Å². The lowest BCUT2D eigenvalue weighted by molar-refractivity contribution is 0.220. The van der Waals surface area contributed by atoms with Crippen molar-refractivity contribution in [3.05, 3.63) is 64.2 Å². The van der Waals surface area contributed by atoms with Crippen molar-refractivity contribution in [2.75, 3.05) is 7.11 Å². The zero-order valence-corrected chi connectivity index (χ0v) is 12.8. The van der Waals surface area contributed by atoms with Crippen LogP contribution in [0.2, 0.25) is 5.02 Å². The van der Waals surface area contributed by atoms with Gasteiger partial charge in [0.05, 0.1) is 12.1 Å². The van der Waals surface area contributed by atoms with Crippen LogP contribution < -0.4 is 4.74 Å². The first-order valence-electron chi connectivity index (χ1n) is 7.30. The molecule has 1 aliphatic carbocycles. The van der Waals surface area contributed by atoms with E-state index < -0.39 is 6.10 Å². The van der Waals surface area contributed by atoms with E-state index in [4.69, 9.17) is 16.3 Å². The number of benzene rings is 2. The van der Waals surface area contributed by atoms with Crippen LogP contribution in [0.15, 0.2) is 42.5 Å². The highest BCUT2D eigenvalue weighted by molar-refractivity contribution is 6.32. The van der Waals surface area contributed by atoms with E-state index in [9.17, 15) is 5.11 Å². The first kappa shape index (κ1) is 14.4. The van der Waals surface area contributed by atoms with E-state index >= 15 is 0 Å². The van der Waals surface area contributed by atoms with E-state index in [0.717, 1.165) is 11.1 Å². The summed E-state index contributed by atoms with van der Waals surface area (Å²) in [6, 6.07) is 13.7. The average Bonchev–Trinajstić information content (AvgIpc) is 2.45. The Labute approximate surface area is 130 Å². The number of hydrogen-bond donors (Lipinski definition) is 1. The Morgan fingerprint density at radius 1 is 1.10 bits per heavy atom. The molecule has 2 aromatic rings. The Morgan fingerprint density at radius 2 is 1.76 bits per heavy atom. The van der Waals surface area contributed by atoms with Crippen LogP contribution in [0.1, 0.15) is 48.0 Å². The molecular formula is C18H19ClO2. The molecule has 2 nitrogen and oxygen atoms in total. The van der Waals surface area contributed by atoms with Crippen molar-refractivity contribution in [3.8, 4) is 5.75 Å². The lowest BCUT2D eigenvalue weighted by atomic mass is 9.80. The maximum Gasteiger partial charge on any atom is 0.137 e. The maximum absolute atomic E-state index is 10.5. The molecule has 0 spiro atoms. The number of ether oxygens (including phenoxy) is 1. The SMILES string of the molecule is COc1ccc(C(O)c2ccc(C3CCC3)cc2)cc1Cl. The minimum atomic E-state index is -0.663. The van der Waals surface area contributed by atoms with Crippen LogP contribution in [-0.2, 0) is 0 Å². The molecule has 0 amide bonds. The lowest BCUT2D eigenvalue weighted by Gasteiger charge is -2.26. The molecule has 1 atom stereocenters. The van der Waals surface area contributed by atoms with Crippen molar-refractivity contribution < 1.29 is 9.84 Å². The molecule has 0 aliphatic heterocycles. The van der Waals surface area contributed by atoms with Crippen LogP contribution >= 0.6 is 11.6 Å². The molecule has 0 bridgehead atoms. The van der Waals surface area contributed by atoms with Crippen molar-refractivity contribution in [2.24, 2.45) is 0 Å². The van der Waals surface area contributed by atoms with Gasteiger partial charge in [-0.05, 0) is 47.6 Å². The minimum absolute atomic E-state index is 0.514. The molecule has 0 heterocycles. The van der Waals surface area contributed by atoms with Crippen molar-refractivity contribution in [2.45, 2.75) is 31.3 Å². The van der Waals surface area contributed by atoms with E-state index in [2.05, 4.69) is 12.1 Å². The van der Waals surface area contributed by atoms with E-state index in [1.165, 1.54) is 24.8 Å². The van der Waals surface area contributed by atoms with Gasteiger partial charge in [-0.15, -0.1) is 0 Å². The largest absolute Gasteiger partial charge is 0.495 e. The fraction of sp³-hybridized carbons (Fsp3) is 0.333. The first-order chi connectivity index (χ1) is 10.2. The van der Waals surface area contributed by atoms with Gasteiger partial charge >= 0.3 is 0 Å². The second kappa shape index (κ2) is 6.08. The lowest BCUT2D eigenvalue weighted by Crippen LogP contribution is -2.09. The fourth-order valence-electron chi connectivity index (χ4n) is 2.74. The highest BCUT2D eigenvalue weighted by Gasteiger charge is 2.20. The molecule has 0 radical (unpaired) electrons. The predicted octanol–water partition coefficient (Wildman–Crippen LogP) is 4.70. The average molecular weight is 303 g/mol. The highest BCUT2D eigenvalue weighted by atomic mass is 35.5. The van der Waals surface area contributed by atoms with Gasteiger partial charge < -0.3 is 9.84 Å². The number of rotatable bonds is 4. The molecular weight excluding hydrogens is 284 g/mol. The van der Waals surface area contributed by atoms with Crippen LogP contribution in [0.25, 0.3) is 0 Å². The summed E-state index contributed by atoms with van der Waals surface area (Å²) in [4.78, 5) is 0. The molecule has 1 aliphatic rings. The Morgan fingerprint density at radius 3 is 2.29 bits per heavy atom. The standard InChI is InChI=1S/C18H19ClO2/c1-21-17-10-9-15(11-16(17)19)18(20)14-7-5-13(6-8-14)12-3-2-4-12/h5-12,18,20H,2-4H2,1H3. The van der Waals surface area contributed by atoms with E-state index in [0.29, 0.717) is 16.7 Å². The molecule has 110 valence electrons. The third-order valence-electron chi connectivity index (χ3n) is 4.32. The number of hydrogen-bond acceptors (Lipinski definition) is 2. The Hall–Kier alpha value is -1.51. The third-order valence-corrected chi connectivity index (χ3v) is 4.62. The quantitative estimate of drug-likeness (QED) is 0.887. The van der Waals surface area contributed by atoms with Crippen LogP contribution in [0.4, 0.5) is 0 Å². The number of aliphatic hydroxyl groups is 1. The van der Waals surface area contributed by atoms with Crippen molar-refractivity contribution in [1.82, 2.24) is 0 Å². The molecule has 0 aromatic heterocycles. The summed E-state index contributed by atoms with van der Waals surface area (Å²) < 4.78 is 5.13. The molecule has 3 rings (SSSR count). The predicted molar refractivity (Wildman–Crippen MR) is 85.1 cm³/mol. The molecule has 1 N–H and O–H groups in total. The van der Waals surface area contributed by atoms with Crippen molar-refractivity contribution in [1.29, 1.82) is 0 Å². The summed E-state index contributed by atoms with van der Waals surface area (Å²) >= 11 is 6.12. The summed E-state index contributed by atoms with van der Waals surface area (Å²) in [7, 11) is 1.58. The van der Waals surface area contributed by atoms with Gasteiger partial charge in [-0.1, -0.05) is 48.4 Å². The Balaban J connectivity index is 1.80. The van der Waals surface area contributed by atoms with Gasteiger partial charge in [-0.3, -0.25) is 0 Å². The number of methoxy groups -OCH3 is 1. The van der Waals surface area contributed by atoms with Crippen molar-refractivity contribution in [3.63, 3.8) is 0 Å². The van der Waals surface area contributed by atoms with Gasteiger partial charge in [0.15, 0.2) is 0 Å². The molecule has 1 fully saturated rings. The fourth-order valence-corrected chi connectivity index (χ4v) is 3.00. The van der Waals surface area contributed by atoms with Crippen molar-refractivity contribution >= 4 is 11.6 Å². The molecule has 1 unspecified atom stereocenters. The summed E-state index contributed by atoms with van der Waals surface area (Å²) in [5.74, 6) is 1.33. The minimum Gasteiger partial charge on any atom is -0.495 e. The smallest absolute Gasteiger partial charge is 0.137 e. The maximum atomic E-state index is 10.5. The molecule has 0 saturated heterocycles. The zero-order chi connectivity index (χ0) is 14.8. The van der Waals surface area contributed by atoms with Gasteiger partial charge in [-0.2, -0.15) is 0 Å². The molecule has 1 saturated carbocycles. The summed E-state index contributed by atoms with van der Waals surface area (Å²) in [6.45, 7) is 0. The van der Waals surface area contributed by atoms with E-state index in [1.54, 1.807) is 19.2 Å². The van der Waals surface area contributed by atoms with Gasteiger partial charge in [0, 0.05) is 0 Å². The molecule has 2 aromatic carbocycles. The summed E-state index contributed by atoms with van der Waals surface area (Å²) in [6.07, 6.45) is 3.24. The Bertz CT molecular complexity index is 618. The number of aliphatic hydroxyl groups excluding tert-OH is 1. The topological polar surface area (TPSA) is 29.5 Å². The van der Waals surface area contributed by atoms with Gasteiger partial charge in [0.2, 0.25) is 0 Å². The Kier molecular flexibility index (Phi) is 4.18. The van der Waals surface area contributed by atoms with Gasteiger partial charge in [0.1, 0.15) is 11.9 Å². The van der Waals surface area contributed by atoms with Crippen LogP contribution in [0.3, 0.4) is 0 Å². The third kappa shape index (κ3) is 2.92. The summed E-state index contributed by atoms with van der Waals surface area (Å²) in [5, 5.41) is 11.0. The summed E-state index contributed by atoms with van der Waals surface area (Å²) in [5.41, 5.74) is 3.04. The van der Waals surface area contributed by atoms with Gasteiger partial charge in [-0.25, -0.2) is 0 Å². The monoisotopic (exact) mass is 302 g/mol. The van der Waals surface area contributed by atoms with Crippen LogP contribution in [0.5, 0.6) is 5.75 Å². The first-order valence-corrected chi connectivity index (χ1v) is 7.68. The van der Waals surface area contributed by atoms with Crippen LogP contribution in [0, 0.1) is 0 Å². The zero-order valence-electron chi connectivity index (χ0n) is 12.1. The molecule has 3 heteroatoms. The highest BCUT2D eigenvalue weighted by Crippen LogP contribution is 2.37. The second-order valence-corrected chi connectivity index (χ2v) is 6.00. The normalized spacial score (nSPS) is 16.3.